The average Bonchev–Trinajstić information content (AvgIpc) is 3.94. The van der Waals surface area contributed by atoms with Crippen molar-refractivity contribution in [1.29, 1.82) is 0 Å². The minimum Gasteiger partial charge on any atom is -0.467 e. The number of carbonyl (C=O) groups excluding carboxylic acids is 10. The Morgan fingerprint density at radius 2 is 1.38 bits per heavy atom. The van der Waals surface area contributed by atoms with Crippen molar-refractivity contribution in [3.63, 3.8) is 0 Å². The standard InChI is InChI=1S/C59H99N13O13/c1-15-38(8)51(44(83-12)34-47(75)72-32-22-26-43(72)52(84-13)39(9)53(76)66-42(58(81)85-14)33-40-23-17-16-18-24-40)71(11)57(80)49(36(4)5)68-56(79)50(37(6)7)70(10)46(74)28-21-29-62-54(77)41(25-19-30-63-59(60)82)65-55(78)48(35(2)3)67-45(73)27-20-31-64-69-61/h16-18,23-24,35-39,41-44,48-52H,15,19-22,25-34H2,1-14H3,(H,62,77)(H,65,78)(H,66,76)(H,67,73)(H,68,79)(H3,60,63,82)/t38?,39-,41-,42?,43+,44-,48-,49+,50+,51+,52-/m1/s1. The first kappa shape index (κ1) is 74.1. The van der Waals surface area contributed by atoms with E-state index in [0.29, 0.717) is 25.8 Å². The summed E-state index contributed by atoms with van der Waals surface area (Å²) in [6.07, 6.45) is 1.11. The van der Waals surface area contributed by atoms with E-state index < -0.39 is 126 Å². The molecule has 0 saturated carbocycles. The van der Waals surface area contributed by atoms with Gasteiger partial charge in [-0.15, -0.1) is 0 Å². The Hall–Kier alpha value is -7.05. The number of likely N-dealkylation sites (tertiary alicyclic amines) is 1. The predicted octanol–water partition coefficient (Wildman–Crippen LogP) is 3.49. The van der Waals surface area contributed by atoms with Crippen molar-refractivity contribution in [2.75, 3.05) is 61.6 Å². The number of azide groups is 1. The number of nitrogens with two attached hydrogens (primary N) is 1. The van der Waals surface area contributed by atoms with Gasteiger partial charge >= 0.3 is 12.0 Å². The van der Waals surface area contributed by atoms with E-state index in [0.717, 1.165) is 5.56 Å². The Bertz CT molecular complexity index is 2390. The second kappa shape index (κ2) is 38.1. The summed E-state index contributed by atoms with van der Waals surface area (Å²) in [5.74, 6) is -6.44. The number of esters is 1. The molecule has 2 rings (SSSR count). The molecule has 0 aromatic heterocycles. The summed E-state index contributed by atoms with van der Waals surface area (Å²) >= 11 is 0. The van der Waals surface area contributed by atoms with Crippen molar-refractivity contribution in [2.45, 2.75) is 187 Å². The van der Waals surface area contributed by atoms with Crippen molar-refractivity contribution >= 4 is 59.3 Å². The van der Waals surface area contributed by atoms with Crippen LogP contribution in [0.1, 0.15) is 132 Å². The third kappa shape index (κ3) is 23.7. The summed E-state index contributed by atoms with van der Waals surface area (Å²) in [7, 11) is 7.37. The maximum Gasteiger partial charge on any atom is 0.328 e. The Balaban J connectivity index is 2.22. The molecule has 11 atom stereocenters. The molecule has 0 aliphatic carbocycles. The molecule has 26 heteroatoms. The van der Waals surface area contributed by atoms with Crippen LogP contribution in [0.4, 0.5) is 4.79 Å². The second-order valence-electron chi connectivity index (χ2n) is 23.0. The van der Waals surface area contributed by atoms with Crippen LogP contribution in [0.15, 0.2) is 35.4 Å². The van der Waals surface area contributed by atoms with E-state index in [2.05, 4.69) is 41.9 Å². The number of nitrogens with one attached hydrogen (secondary N) is 6. The molecule has 1 aromatic rings. The SMILES string of the molecule is CCC(C)[C@@H]([C@@H](CC(=O)N1CCC[C@H]1[C@H](OC)[C@@H](C)C(=O)NC(Cc1ccccc1)C(=O)OC)OC)N(C)C(=O)[C@@H](NC(=O)[C@H](C(C)C)N(C)C(=O)CCCNC(=O)[C@@H](CCCNC(N)=O)NC(=O)[C@H](NC(=O)CCCN=[N+]=[N-])C(C)C)C(C)C. The monoisotopic (exact) mass is 1200 g/mol. The maximum atomic E-state index is 14.8. The number of benzene rings is 1. The van der Waals surface area contributed by atoms with Gasteiger partial charge in [0.15, 0.2) is 0 Å². The maximum absolute atomic E-state index is 14.8. The van der Waals surface area contributed by atoms with Crippen LogP contribution in [0.2, 0.25) is 0 Å². The number of likely N-dealkylation sites (N-methyl/N-ethyl adjacent to an activating group) is 2. The minimum atomic E-state index is -1.09. The highest BCUT2D eigenvalue weighted by atomic mass is 16.5. The first-order chi connectivity index (χ1) is 40.2. The molecule has 1 heterocycles. The van der Waals surface area contributed by atoms with Gasteiger partial charge in [0.25, 0.3) is 0 Å². The molecule has 1 aliphatic rings. The van der Waals surface area contributed by atoms with Gasteiger partial charge in [0.1, 0.15) is 30.2 Å². The van der Waals surface area contributed by atoms with E-state index in [4.69, 9.17) is 25.5 Å². The number of methoxy groups -OCH3 is 3. The summed E-state index contributed by atoms with van der Waals surface area (Å²) in [4.78, 5) is 142. The average molecular weight is 1200 g/mol. The number of rotatable bonds is 38. The molecule has 0 radical (unpaired) electrons. The summed E-state index contributed by atoms with van der Waals surface area (Å²) in [5, 5.41) is 19.8. The molecule has 2 unspecified atom stereocenters. The van der Waals surface area contributed by atoms with Crippen LogP contribution < -0.4 is 37.6 Å². The van der Waals surface area contributed by atoms with Crippen LogP contribution >= 0.6 is 0 Å². The molecule has 1 fully saturated rings. The lowest BCUT2D eigenvalue weighted by Crippen LogP contribution is -2.60. The number of carbonyl (C=O) groups is 10. The lowest BCUT2D eigenvalue weighted by atomic mass is 9.89. The molecule has 0 bridgehead atoms. The van der Waals surface area contributed by atoms with Gasteiger partial charge in [-0.25, -0.2) is 9.59 Å². The van der Waals surface area contributed by atoms with Crippen LogP contribution in [0.3, 0.4) is 0 Å². The number of nitrogens with zero attached hydrogens (tertiary/aromatic N) is 6. The van der Waals surface area contributed by atoms with E-state index >= 15 is 0 Å². The van der Waals surface area contributed by atoms with Gasteiger partial charge in [0.2, 0.25) is 47.3 Å². The van der Waals surface area contributed by atoms with Gasteiger partial charge in [-0.2, -0.15) is 0 Å². The Morgan fingerprint density at radius 3 is 1.94 bits per heavy atom. The first-order valence-electron chi connectivity index (χ1n) is 29.7. The fourth-order valence-electron chi connectivity index (χ4n) is 10.8. The van der Waals surface area contributed by atoms with Crippen molar-refractivity contribution < 1.29 is 62.2 Å². The Kier molecular flexibility index (Phi) is 33.2. The van der Waals surface area contributed by atoms with Gasteiger partial charge < -0.3 is 66.5 Å². The van der Waals surface area contributed by atoms with Crippen molar-refractivity contribution in [3.8, 4) is 0 Å². The highest BCUT2D eigenvalue weighted by Gasteiger charge is 2.44. The lowest BCUT2D eigenvalue weighted by Gasteiger charge is -2.41. The topological polar surface area (TPSA) is 355 Å². The quantitative estimate of drug-likeness (QED) is 0.0164. The largest absolute Gasteiger partial charge is 0.467 e. The van der Waals surface area contributed by atoms with Crippen LogP contribution in [-0.2, 0) is 63.8 Å². The van der Waals surface area contributed by atoms with E-state index in [1.807, 2.05) is 44.2 Å². The zero-order chi connectivity index (χ0) is 64.1. The number of hydrogen-bond donors (Lipinski definition) is 7. The molecule has 1 aliphatic heterocycles. The molecule has 478 valence electrons. The molecule has 8 N–H and O–H groups in total. The van der Waals surface area contributed by atoms with Gasteiger partial charge in [-0.05, 0) is 73.3 Å². The smallest absolute Gasteiger partial charge is 0.328 e. The van der Waals surface area contributed by atoms with Gasteiger partial charge in [-0.3, -0.25) is 38.4 Å². The molecular formula is C59H99N13O13. The van der Waals surface area contributed by atoms with E-state index in [1.54, 1.807) is 65.3 Å². The van der Waals surface area contributed by atoms with Gasteiger partial charge in [-0.1, -0.05) is 104 Å². The minimum absolute atomic E-state index is 0.0108. The zero-order valence-electron chi connectivity index (χ0n) is 52.6. The number of primary amides is 1. The normalized spacial score (nSPS) is 16.6. The third-order valence-electron chi connectivity index (χ3n) is 15.7. The summed E-state index contributed by atoms with van der Waals surface area (Å²) in [5.41, 5.74) is 14.6. The van der Waals surface area contributed by atoms with Crippen LogP contribution in [0.25, 0.3) is 10.4 Å². The van der Waals surface area contributed by atoms with E-state index in [-0.39, 0.29) is 88.7 Å². The van der Waals surface area contributed by atoms with Crippen molar-refractivity contribution in [1.82, 2.24) is 46.6 Å². The van der Waals surface area contributed by atoms with Crippen molar-refractivity contribution in [3.05, 3.63) is 46.3 Å². The summed E-state index contributed by atoms with van der Waals surface area (Å²) in [6.45, 7) is 16.9. The second-order valence-corrected chi connectivity index (χ2v) is 23.0. The number of ether oxygens (including phenoxy) is 3. The highest BCUT2D eigenvalue weighted by Crippen LogP contribution is 2.30. The van der Waals surface area contributed by atoms with Crippen LogP contribution in [0, 0.1) is 29.6 Å². The predicted molar refractivity (Wildman–Crippen MR) is 319 cm³/mol. The number of amides is 10. The van der Waals surface area contributed by atoms with E-state index in [1.165, 1.54) is 33.3 Å². The molecule has 0 spiro atoms. The Morgan fingerprint density at radius 1 is 0.741 bits per heavy atom. The first-order valence-corrected chi connectivity index (χ1v) is 29.7. The zero-order valence-corrected chi connectivity index (χ0v) is 52.6. The molecule has 1 saturated heterocycles. The molecule has 10 amide bonds. The highest BCUT2D eigenvalue weighted by molar-refractivity contribution is 5.94. The fourth-order valence-corrected chi connectivity index (χ4v) is 10.8. The third-order valence-corrected chi connectivity index (χ3v) is 15.7. The summed E-state index contributed by atoms with van der Waals surface area (Å²) < 4.78 is 17.1. The molecular weight excluding hydrogens is 1100 g/mol. The summed E-state index contributed by atoms with van der Waals surface area (Å²) in [6, 6.07) is 2.27. The van der Waals surface area contributed by atoms with Crippen molar-refractivity contribution in [2.24, 2.45) is 40.4 Å². The van der Waals surface area contributed by atoms with Gasteiger partial charge in [0, 0.05) is 78.7 Å². The molecule has 26 nitrogen and oxygen atoms in total. The molecule has 1 aromatic carbocycles. The fraction of sp³-hybridized carbons (Fsp3) is 0.729. The molecule has 85 heavy (non-hydrogen) atoms. The van der Waals surface area contributed by atoms with Crippen LogP contribution in [-0.4, -0.2) is 190 Å². The number of hydrogen-bond acceptors (Lipinski definition) is 14. The van der Waals surface area contributed by atoms with Crippen LogP contribution in [0.5, 0.6) is 0 Å². The number of urea groups is 1. The van der Waals surface area contributed by atoms with E-state index in [9.17, 15) is 47.9 Å². The van der Waals surface area contributed by atoms with Gasteiger partial charge in [0.05, 0.1) is 43.7 Å². The Labute approximate surface area is 502 Å². The lowest BCUT2D eigenvalue weighted by molar-refractivity contribution is -0.149.